The SMILES string of the molecule is CCCCCCCCOC(CCC(=O)OCC(OC(=O)CCCN1CCCCC1)C(COC(=O)CCC(OCCCCCCCC)OCCCCCCCC)OC(=O)CCCN1CCCCC1)OCCCCCCCC. The largest absolute Gasteiger partial charge is 0.462 e. The molecule has 0 aromatic rings. The lowest BCUT2D eigenvalue weighted by molar-refractivity contribution is -0.184. The smallest absolute Gasteiger partial charge is 0.306 e. The highest BCUT2D eigenvalue weighted by Crippen LogP contribution is 2.18. The van der Waals surface area contributed by atoms with E-state index in [0.717, 1.165) is 116 Å². The van der Waals surface area contributed by atoms with Crippen LogP contribution in [0.25, 0.3) is 0 Å². The number of hydrogen-bond donors (Lipinski definition) is 0. The van der Waals surface area contributed by atoms with E-state index in [9.17, 15) is 19.2 Å². The zero-order chi connectivity index (χ0) is 54.8. The van der Waals surface area contributed by atoms with E-state index in [4.69, 9.17) is 37.9 Å². The van der Waals surface area contributed by atoms with E-state index in [1.165, 1.54) is 116 Å². The fourth-order valence-electron chi connectivity index (χ4n) is 9.93. The fraction of sp³-hybridized carbons (Fsp3) is 0.935. The van der Waals surface area contributed by atoms with Crippen LogP contribution in [0.1, 0.15) is 272 Å². The first kappa shape index (κ1) is 69.7. The molecule has 14 heteroatoms. The maximum Gasteiger partial charge on any atom is 0.306 e. The predicted molar refractivity (Wildman–Crippen MR) is 304 cm³/mol. The second-order valence-corrected chi connectivity index (χ2v) is 21.9. The van der Waals surface area contributed by atoms with E-state index >= 15 is 0 Å². The first-order valence-corrected chi connectivity index (χ1v) is 31.9. The van der Waals surface area contributed by atoms with Gasteiger partial charge in [-0.25, -0.2) is 0 Å². The second kappa shape index (κ2) is 50.8. The summed E-state index contributed by atoms with van der Waals surface area (Å²) in [6.45, 7) is 16.0. The first-order valence-electron chi connectivity index (χ1n) is 31.9. The molecule has 2 fully saturated rings. The molecule has 2 saturated heterocycles. The van der Waals surface area contributed by atoms with Crippen molar-refractivity contribution in [2.75, 3.05) is 78.9 Å². The molecule has 446 valence electrons. The maximum absolute atomic E-state index is 13.7. The molecular weight excluding hydrogens is 965 g/mol. The summed E-state index contributed by atoms with van der Waals surface area (Å²) in [5.41, 5.74) is 0. The average molecular weight is 1080 g/mol. The zero-order valence-electron chi connectivity index (χ0n) is 49.5. The number of unbranched alkanes of at least 4 members (excludes halogenated alkanes) is 20. The van der Waals surface area contributed by atoms with Crippen LogP contribution in [0.15, 0.2) is 0 Å². The molecule has 2 rings (SSSR count). The molecule has 2 aliphatic heterocycles. The molecule has 76 heavy (non-hydrogen) atoms. The topological polar surface area (TPSA) is 149 Å². The van der Waals surface area contributed by atoms with Gasteiger partial charge >= 0.3 is 23.9 Å². The zero-order valence-corrected chi connectivity index (χ0v) is 49.5. The molecule has 2 unspecified atom stereocenters. The highest BCUT2D eigenvalue weighted by molar-refractivity contribution is 5.72. The van der Waals surface area contributed by atoms with Crippen molar-refractivity contribution >= 4 is 23.9 Å². The van der Waals surface area contributed by atoms with Crippen LogP contribution in [0, 0.1) is 0 Å². The predicted octanol–water partition coefficient (Wildman–Crippen LogP) is 14.1. The van der Waals surface area contributed by atoms with Gasteiger partial charge in [0, 0.05) is 52.1 Å². The first-order chi connectivity index (χ1) is 37.3. The summed E-state index contributed by atoms with van der Waals surface area (Å²) < 4.78 is 48.7. The Labute approximate surface area is 464 Å². The minimum absolute atomic E-state index is 0.0210. The van der Waals surface area contributed by atoms with E-state index in [0.29, 0.717) is 52.1 Å². The summed E-state index contributed by atoms with van der Waals surface area (Å²) in [4.78, 5) is 59.2. The Morgan fingerprint density at radius 3 is 0.934 bits per heavy atom. The third-order valence-corrected chi connectivity index (χ3v) is 14.8. The minimum atomic E-state index is -1.21. The van der Waals surface area contributed by atoms with Crippen molar-refractivity contribution in [3.05, 3.63) is 0 Å². The van der Waals surface area contributed by atoms with E-state index in [2.05, 4.69) is 37.5 Å². The van der Waals surface area contributed by atoms with E-state index in [-0.39, 0.29) is 38.9 Å². The van der Waals surface area contributed by atoms with Gasteiger partial charge in [0.1, 0.15) is 13.2 Å². The molecule has 0 radical (unpaired) electrons. The van der Waals surface area contributed by atoms with Gasteiger partial charge in [-0.1, -0.05) is 169 Å². The fourth-order valence-corrected chi connectivity index (χ4v) is 9.93. The Morgan fingerprint density at radius 2 is 0.632 bits per heavy atom. The summed E-state index contributed by atoms with van der Waals surface area (Å²) in [5, 5.41) is 0. The van der Waals surface area contributed by atoms with Crippen molar-refractivity contribution in [1.29, 1.82) is 0 Å². The average Bonchev–Trinajstić information content (AvgIpc) is 3.42. The number of rotatable bonds is 53. The third-order valence-electron chi connectivity index (χ3n) is 14.8. The summed E-state index contributed by atoms with van der Waals surface area (Å²) in [5.74, 6) is -2.01. The van der Waals surface area contributed by atoms with Crippen molar-refractivity contribution < 1.29 is 57.1 Å². The number of carbonyl (C=O) groups is 4. The van der Waals surface area contributed by atoms with Crippen molar-refractivity contribution in [3.63, 3.8) is 0 Å². The monoisotopic (exact) mass is 1080 g/mol. The number of likely N-dealkylation sites (tertiary alicyclic amines) is 2. The summed E-state index contributed by atoms with van der Waals surface area (Å²) in [6, 6.07) is 0. The van der Waals surface area contributed by atoms with Crippen molar-refractivity contribution in [3.8, 4) is 0 Å². The van der Waals surface area contributed by atoms with Crippen LogP contribution >= 0.6 is 0 Å². The Hall–Kier alpha value is -2.36. The molecule has 0 bridgehead atoms. The molecule has 0 aromatic carbocycles. The van der Waals surface area contributed by atoms with Gasteiger partial charge in [-0.05, 0) is 103 Å². The number of ether oxygens (including phenoxy) is 8. The van der Waals surface area contributed by atoms with Gasteiger partial charge in [0.2, 0.25) is 0 Å². The number of nitrogens with zero attached hydrogens (tertiary/aromatic N) is 2. The molecule has 2 heterocycles. The Bertz CT molecular complexity index is 1230. The van der Waals surface area contributed by atoms with Crippen molar-refractivity contribution in [2.45, 2.75) is 296 Å². The second-order valence-electron chi connectivity index (χ2n) is 21.9. The number of piperidine rings is 2. The standard InChI is InChI=1S/C62H116N2O12/c1-5-9-13-17-21-31-49-69-61(70-50-32-22-18-14-10-6-2)41-39-57(65)73-53-55(75-59(67)37-35-47-63-43-27-25-28-44-63)56(76-60(68)38-36-48-64-45-29-26-30-46-64)54-74-58(66)40-42-62(71-51-33-23-19-15-11-7-3)72-52-34-24-20-16-12-8-4/h55-56,61-62H,5-54H2,1-4H3. The summed E-state index contributed by atoms with van der Waals surface area (Å²) in [6.07, 6.45) is 33.1. The highest BCUT2D eigenvalue weighted by Gasteiger charge is 2.32. The summed E-state index contributed by atoms with van der Waals surface area (Å²) >= 11 is 0. The Kier molecular flexibility index (Phi) is 46.6. The number of esters is 4. The Morgan fingerprint density at radius 1 is 0.342 bits per heavy atom. The lowest BCUT2D eigenvalue weighted by atomic mass is 10.1. The normalized spacial score (nSPS) is 15.3. The van der Waals surface area contributed by atoms with Crippen LogP contribution in [0.5, 0.6) is 0 Å². The molecule has 0 N–H and O–H groups in total. The molecule has 2 aliphatic rings. The van der Waals surface area contributed by atoms with Crippen LogP contribution in [0.3, 0.4) is 0 Å². The van der Waals surface area contributed by atoms with Gasteiger partial charge in [-0.15, -0.1) is 0 Å². The molecule has 0 saturated carbocycles. The van der Waals surface area contributed by atoms with Crippen LogP contribution < -0.4 is 0 Å². The van der Waals surface area contributed by atoms with Gasteiger partial charge in [-0.2, -0.15) is 0 Å². The van der Waals surface area contributed by atoms with Crippen LogP contribution in [0.2, 0.25) is 0 Å². The summed E-state index contributed by atoms with van der Waals surface area (Å²) in [7, 11) is 0. The van der Waals surface area contributed by atoms with Gasteiger partial charge in [0.05, 0.1) is 12.8 Å². The number of hydrogen-bond acceptors (Lipinski definition) is 14. The van der Waals surface area contributed by atoms with E-state index in [1.54, 1.807) is 0 Å². The molecule has 0 aliphatic carbocycles. The highest BCUT2D eigenvalue weighted by atomic mass is 16.7. The molecule has 0 amide bonds. The van der Waals surface area contributed by atoms with Crippen LogP contribution in [-0.4, -0.2) is 137 Å². The third kappa shape index (κ3) is 40.8. The van der Waals surface area contributed by atoms with Gasteiger partial charge < -0.3 is 47.7 Å². The van der Waals surface area contributed by atoms with Crippen molar-refractivity contribution in [1.82, 2.24) is 9.80 Å². The molecule has 2 atom stereocenters. The number of carbonyl (C=O) groups excluding carboxylic acids is 4. The van der Waals surface area contributed by atoms with Gasteiger partial charge in [0.15, 0.2) is 24.8 Å². The maximum atomic E-state index is 13.7. The van der Waals surface area contributed by atoms with E-state index in [1.807, 2.05) is 0 Å². The molecule has 0 aromatic heterocycles. The van der Waals surface area contributed by atoms with Crippen LogP contribution in [-0.2, 0) is 57.1 Å². The lowest BCUT2D eigenvalue weighted by Gasteiger charge is -2.28. The molecule has 0 spiro atoms. The van der Waals surface area contributed by atoms with Gasteiger partial charge in [-0.3, -0.25) is 19.2 Å². The van der Waals surface area contributed by atoms with E-state index < -0.39 is 48.7 Å². The Balaban J connectivity index is 2.20. The molecule has 14 nitrogen and oxygen atoms in total. The van der Waals surface area contributed by atoms with Crippen molar-refractivity contribution in [2.24, 2.45) is 0 Å². The molecular formula is C62H116N2O12. The minimum Gasteiger partial charge on any atom is -0.462 e. The van der Waals surface area contributed by atoms with Gasteiger partial charge in [0.25, 0.3) is 0 Å². The van der Waals surface area contributed by atoms with Crippen LogP contribution in [0.4, 0.5) is 0 Å². The quantitative estimate of drug-likeness (QED) is 0.0246. The lowest BCUT2D eigenvalue weighted by Crippen LogP contribution is -2.43.